The van der Waals surface area contributed by atoms with Crippen LogP contribution in [0.2, 0.25) is 0 Å². The van der Waals surface area contributed by atoms with E-state index in [0.717, 1.165) is 64.6 Å². The van der Waals surface area contributed by atoms with Gasteiger partial charge in [0.25, 0.3) is 0 Å². The van der Waals surface area contributed by atoms with Crippen molar-refractivity contribution >= 4 is 5.69 Å². The Kier molecular flexibility index (Phi) is 9.79. The Morgan fingerprint density at radius 2 is 1.40 bits per heavy atom. The molecular formula is C18H35N7. The molecule has 142 valence electrons. The highest BCUT2D eigenvalue weighted by molar-refractivity contribution is 5.43. The quantitative estimate of drug-likeness (QED) is 0.370. The zero-order chi connectivity index (χ0) is 17.7. The van der Waals surface area contributed by atoms with E-state index in [4.69, 9.17) is 5.73 Å². The fourth-order valence-corrected chi connectivity index (χ4v) is 2.82. The standard InChI is InChI=1S/C18H35N7/c1-20-17-4-2-15(3-5-17)10-25-18-13-23-8-6-21-11-16(19)12-22-7-9-24-14-18/h2-5,16,18,20-25H,6-14,19H2,1H3. The van der Waals surface area contributed by atoms with Crippen molar-refractivity contribution in [3.8, 4) is 0 Å². The second-order valence-electron chi connectivity index (χ2n) is 6.60. The van der Waals surface area contributed by atoms with Crippen LogP contribution in [0.25, 0.3) is 0 Å². The first kappa shape index (κ1) is 20.1. The molecular weight excluding hydrogens is 314 g/mol. The lowest BCUT2D eigenvalue weighted by atomic mass is 10.2. The van der Waals surface area contributed by atoms with E-state index in [9.17, 15) is 0 Å². The largest absolute Gasteiger partial charge is 0.388 e. The van der Waals surface area contributed by atoms with Gasteiger partial charge in [-0.05, 0) is 17.7 Å². The van der Waals surface area contributed by atoms with Crippen molar-refractivity contribution in [3.05, 3.63) is 29.8 Å². The van der Waals surface area contributed by atoms with Crippen molar-refractivity contribution in [1.29, 1.82) is 0 Å². The van der Waals surface area contributed by atoms with Gasteiger partial charge in [-0.3, -0.25) is 0 Å². The molecule has 0 spiro atoms. The van der Waals surface area contributed by atoms with Gasteiger partial charge < -0.3 is 37.6 Å². The van der Waals surface area contributed by atoms with Crippen LogP contribution in [-0.2, 0) is 6.54 Å². The second-order valence-corrected chi connectivity index (χ2v) is 6.60. The van der Waals surface area contributed by atoms with Crippen LogP contribution >= 0.6 is 0 Å². The van der Waals surface area contributed by atoms with Gasteiger partial charge in [0.1, 0.15) is 0 Å². The third kappa shape index (κ3) is 8.62. The molecule has 0 saturated carbocycles. The summed E-state index contributed by atoms with van der Waals surface area (Å²) in [5.74, 6) is 0. The molecule has 2 rings (SSSR count). The predicted octanol–water partition coefficient (Wildman–Crippen LogP) is -1.11. The molecule has 1 aromatic rings. The molecule has 7 nitrogen and oxygen atoms in total. The van der Waals surface area contributed by atoms with E-state index >= 15 is 0 Å². The first-order chi connectivity index (χ1) is 12.3. The molecule has 0 atom stereocenters. The number of nitrogens with one attached hydrogen (secondary N) is 6. The van der Waals surface area contributed by atoms with Crippen molar-refractivity contribution in [2.24, 2.45) is 5.73 Å². The molecule has 1 heterocycles. The molecule has 1 fully saturated rings. The summed E-state index contributed by atoms with van der Waals surface area (Å²) in [5.41, 5.74) is 8.48. The van der Waals surface area contributed by atoms with Crippen LogP contribution in [0.15, 0.2) is 24.3 Å². The number of rotatable bonds is 4. The minimum Gasteiger partial charge on any atom is -0.388 e. The lowest BCUT2D eigenvalue weighted by molar-refractivity contribution is 0.429. The summed E-state index contributed by atoms with van der Waals surface area (Å²) in [6.07, 6.45) is 0. The first-order valence-electron chi connectivity index (χ1n) is 9.36. The second kappa shape index (κ2) is 12.2. The predicted molar refractivity (Wildman–Crippen MR) is 106 cm³/mol. The van der Waals surface area contributed by atoms with Crippen LogP contribution in [0.1, 0.15) is 5.56 Å². The smallest absolute Gasteiger partial charge is 0.0337 e. The number of anilines is 1. The summed E-state index contributed by atoms with van der Waals surface area (Å²) in [6.45, 7) is 8.27. The van der Waals surface area contributed by atoms with Crippen LogP contribution in [0.5, 0.6) is 0 Å². The molecule has 0 radical (unpaired) electrons. The van der Waals surface area contributed by atoms with E-state index in [0.29, 0.717) is 6.04 Å². The number of nitrogens with two attached hydrogens (primary N) is 1. The zero-order valence-corrected chi connectivity index (χ0v) is 15.4. The Hall–Kier alpha value is -1.22. The average molecular weight is 350 g/mol. The Balaban J connectivity index is 1.76. The summed E-state index contributed by atoms with van der Waals surface area (Å²) in [7, 11) is 1.94. The lowest BCUT2D eigenvalue weighted by Crippen LogP contribution is -2.49. The van der Waals surface area contributed by atoms with Crippen LogP contribution < -0.4 is 37.6 Å². The van der Waals surface area contributed by atoms with Gasteiger partial charge in [0.2, 0.25) is 0 Å². The summed E-state index contributed by atoms with van der Waals surface area (Å²) in [4.78, 5) is 0. The summed E-state index contributed by atoms with van der Waals surface area (Å²) in [6, 6.07) is 9.13. The van der Waals surface area contributed by atoms with Gasteiger partial charge >= 0.3 is 0 Å². The van der Waals surface area contributed by atoms with Gasteiger partial charge in [0.05, 0.1) is 0 Å². The third-order valence-corrected chi connectivity index (χ3v) is 4.39. The minimum atomic E-state index is 0.173. The topological polar surface area (TPSA) is 98.2 Å². The monoisotopic (exact) mass is 349 g/mol. The number of benzene rings is 1. The van der Waals surface area contributed by atoms with Crippen molar-refractivity contribution in [3.63, 3.8) is 0 Å². The maximum Gasteiger partial charge on any atom is 0.0337 e. The molecule has 1 saturated heterocycles. The van der Waals surface area contributed by atoms with E-state index in [-0.39, 0.29) is 6.04 Å². The van der Waals surface area contributed by atoms with Gasteiger partial charge in [-0.15, -0.1) is 0 Å². The SMILES string of the molecule is CNc1ccc(CNC2CNCCNCC(N)CNCCNC2)cc1. The van der Waals surface area contributed by atoms with Crippen molar-refractivity contribution < 1.29 is 0 Å². The van der Waals surface area contributed by atoms with Gasteiger partial charge in [-0.1, -0.05) is 12.1 Å². The molecule has 1 aliphatic rings. The average Bonchev–Trinajstić information content (AvgIpc) is 2.64. The molecule has 0 aliphatic carbocycles. The molecule has 0 unspecified atom stereocenters. The highest BCUT2D eigenvalue weighted by Crippen LogP contribution is 2.08. The molecule has 1 aromatic carbocycles. The fourth-order valence-electron chi connectivity index (χ4n) is 2.82. The molecule has 8 N–H and O–H groups in total. The highest BCUT2D eigenvalue weighted by Gasteiger charge is 2.09. The molecule has 0 bridgehead atoms. The Labute approximate surface area is 151 Å². The Morgan fingerprint density at radius 1 is 0.880 bits per heavy atom. The fraction of sp³-hybridized carbons (Fsp3) is 0.667. The molecule has 0 aromatic heterocycles. The summed E-state index contributed by atoms with van der Waals surface area (Å²) < 4.78 is 0. The first-order valence-corrected chi connectivity index (χ1v) is 9.36. The Bertz CT molecular complexity index is 435. The van der Waals surface area contributed by atoms with Crippen molar-refractivity contribution in [1.82, 2.24) is 26.6 Å². The minimum absolute atomic E-state index is 0.173. The van der Waals surface area contributed by atoms with Gasteiger partial charge in [0, 0.05) is 83.7 Å². The van der Waals surface area contributed by atoms with Gasteiger partial charge in [-0.2, -0.15) is 0 Å². The zero-order valence-electron chi connectivity index (χ0n) is 15.4. The molecule has 1 aliphatic heterocycles. The van der Waals surface area contributed by atoms with E-state index < -0.39 is 0 Å². The van der Waals surface area contributed by atoms with E-state index in [1.165, 1.54) is 5.56 Å². The molecule has 25 heavy (non-hydrogen) atoms. The van der Waals surface area contributed by atoms with Crippen LogP contribution in [-0.4, -0.2) is 71.5 Å². The molecule has 7 heteroatoms. The maximum atomic E-state index is 6.04. The number of hydrogen-bond acceptors (Lipinski definition) is 7. The maximum absolute atomic E-state index is 6.04. The highest BCUT2D eigenvalue weighted by atomic mass is 15.1. The van der Waals surface area contributed by atoms with E-state index in [2.05, 4.69) is 56.2 Å². The number of hydrogen-bond donors (Lipinski definition) is 7. The Morgan fingerprint density at radius 3 is 1.92 bits per heavy atom. The van der Waals surface area contributed by atoms with E-state index in [1.54, 1.807) is 0 Å². The van der Waals surface area contributed by atoms with Crippen LogP contribution in [0.4, 0.5) is 5.69 Å². The van der Waals surface area contributed by atoms with Crippen molar-refractivity contribution in [2.75, 3.05) is 64.7 Å². The van der Waals surface area contributed by atoms with Crippen LogP contribution in [0, 0.1) is 0 Å². The normalized spacial score (nSPS) is 24.4. The lowest BCUT2D eigenvalue weighted by Gasteiger charge is -2.22. The summed E-state index contributed by atoms with van der Waals surface area (Å²) >= 11 is 0. The van der Waals surface area contributed by atoms with E-state index in [1.807, 2.05) is 7.05 Å². The summed E-state index contributed by atoms with van der Waals surface area (Å²) in [5, 5.41) is 20.7. The molecule has 0 amide bonds. The van der Waals surface area contributed by atoms with Crippen molar-refractivity contribution in [2.45, 2.75) is 18.6 Å². The van der Waals surface area contributed by atoms with Gasteiger partial charge in [0.15, 0.2) is 0 Å². The van der Waals surface area contributed by atoms with Crippen LogP contribution in [0.3, 0.4) is 0 Å². The van der Waals surface area contributed by atoms with Gasteiger partial charge in [-0.25, -0.2) is 0 Å². The third-order valence-electron chi connectivity index (χ3n) is 4.39.